The van der Waals surface area contributed by atoms with E-state index in [1.54, 1.807) is 11.3 Å². The summed E-state index contributed by atoms with van der Waals surface area (Å²) in [7, 11) is 0. The van der Waals surface area contributed by atoms with Gasteiger partial charge in [0, 0.05) is 15.6 Å². The van der Waals surface area contributed by atoms with Crippen molar-refractivity contribution in [1.82, 2.24) is 0 Å². The van der Waals surface area contributed by atoms with Crippen LogP contribution in [0.1, 0.15) is 16.0 Å². The van der Waals surface area contributed by atoms with E-state index in [1.165, 1.54) is 15.6 Å². The Morgan fingerprint density at radius 3 is 2.58 bits per heavy atom. The minimum atomic E-state index is -0.578. The Kier molecular flexibility index (Phi) is 3.73. The molecule has 0 amide bonds. The molecule has 0 aliphatic carbocycles. The number of hydrogen-bond acceptors (Lipinski definition) is 2. The fourth-order valence-electron chi connectivity index (χ4n) is 3.58. The molecule has 0 N–H and O–H groups in total. The highest BCUT2D eigenvalue weighted by Gasteiger charge is 2.38. The molecular formula is C23H15BrOS. The molecule has 0 bridgehead atoms. The van der Waals surface area contributed by atoms with Gasteiger partial charge in [-0.2, -0.15) is 0 Å². The molecule has 1 aliphatic heterocycles. The molecule has 126 valence electrons. The van der Waals surface area contributed by atoms with E-state index in [9.17, 15) is 0 Å². The maximum atomic E-state index is 6.70. The van der Waals surface area contributed by atoms with E-state index in [0.717, 1.165) is 21.3 Å². The fourth-order valence-corrected chi connectivity index (χ4v) is 4.82. The summed E-state index contributed by atoms with van der Waals surface area (Å²) in [5, 5.41) is 4.51. The molecule has 1 unspecified atom stereocenters. The van der Waals surface area contributed by atoms with Gasteiger partial charge in [-0.05, 0) is 52.6 Å². The zero-order valence-electron chi connectivity index (χ0n) is 13.9. The third-order valence-electron chi connectivity index (χ3n) is 4.83. The van der Waals surface area contributed by atoms with Crippen molar-refractivity contribution in [2.24, 2.45) is 0 Å². The fraction of sp³-hybridized carbons (Fsp3) is 0.0435. The number of thiophene rings is 1. The molecule has 3 heteroatoms. The molecule has 1 aromatic heterocycles. The summed E-state index contributed by atoms with van der Waals surface area (Å²) in [5.74, 6) is 0.916. The van der Waals surface area contributed by atoms with Gasteiger partial charge >= 0.3 is 0 Å². The lowest BCUT2D eigenvalue weighted by Gasteiger charge is -2.35. The number of ether oxygens (including phenoxy) is 1. The highest BCUT2D eigenvalue weighted by molar-refractivity contribution is 9.10. The van der Waals surface area contributed by atoms with Gasteiger partial charge in [0.1, 0.15) is 5.75 Å². The van der Waals surface area contributed by atoms with Crippen molar-refractivity contribution in [1.29, 1.82) is 0 Å². The highest BCUT2D eigenvalue weighted by atomic mass is 79.9. The van der Waals surface area contributed by atoms with Gasteiger partial charge in [-0.25, -0.2) is 0 Å². The Labute approximate surface area is 164 Å². The molecule has 0 saturated heterocycles. The predicted octanol–water partition coefficient (Wildman–Crippen LogP) is 7.01. The van der Waals surface area contributed by atoms with Gasteiger partial charge in [0.25, 0.3) is 0 Å². The van der Waals surface area contributed by atoms with E-state index in [0.29, 0.717) is 0 Å². The average Bonchev–Trinajstić information content (AvgIpc) is 3.23. The molecule has 1 atom stereocenters. The van der Waals surface area contributed by atoms with E-state index >= 15 is 0 Å². The van der Waals surface area contributed by atoms with Crippen LogP contribution in [0, 0.1) is 0 Å². The second-order valence-electron chi connectivity index (χ2n) is 6.36. The molecule has 1 aliphatic rings. The minimum Gasteiger partial charge on any atom is -0.472 e. The van der Waals surface area contributed by atoms with Crippen LogP contribution in [0.5, 0.6) is 5.75 Å². The molecule has 0 spiro atoms. The highest BCUT2D eigenvalue weighted by Crippen LogP contribution is 2.45. The van der Waals surface area contributed by atoms with Gasteiger partial charge < -0.3 is 4.74 Å². The third-order valence-corrected chi connectivity index (χ3v) is 6.31. The van der Waals surface area contributed by atoms with Crippen LogP contribution in [0.3, 0.4) is 0 Å². The van der Waals surface area contributed by atoms with Crippen LogP contribution in [0.2, 0.25) is 0 Å². The Morgan fingerprint density at radius 2 is 1.77 bits per heavy atom. The number of fused-ring (bicyclic) bond motifs is 3. The van der Waals surface area contributed by atoms with Crippen LogP contribution in [0.4, 0.5) is 0 Å². The van der Waals surface area contributed by atoms with Crippen molar-refractivity contribution >= 4 is 44.1 Å². The third kappa shape index (κ3) is 2.43. The maximum Gasteiger partial charge on any atom is 0.187 e. The summed E-state index contributed by atoms with van der Waals surface area (Å²) in [4.78, 5) is 1.18. The van der Waals surface area contributed by atoms with Crippen LogP contribution < -0.4 is 4.74 Å². The summed E-state index contributed by atoms with van der Waals surface area (Å²) in [6, 6.07) is 25.2. The number of benzene rings is 3. The Morgan fingerprint density at radius 1 is 0.885 bits per heavy atom. The largest absolute Gasteiger partial charge is 0.472 e. The van der Waals surface area contributed by atoms with Crippen LogP contribution in [-0.2, 0) is 5.60 Å². The summed E-state index contributed by atoms with van der Waals surface area (Å²) in [6.07, 6.45) is 4.40. The topological polar surface area (TPSA) is 9.23 Å². The van der Waals surface area contributed by atoms with E-state index < -0.39 is 5.60 Å². The smallest absolute Gasteiger partial charge is 0.187 e. The van der Waals surface area contributed by atoms with E-state index in [-0.39, 0.29) is 0 Å². The number of rotatable bonds is 2. The summed E-state index contributed by atoms with van der Waals surface area (Å²) >= 11 is 5.28. The maximum absolute atomic E-state index is 6.70. The van der Waals surface area contributed by atoms with E-state index in [2.05, 4.69) is 100 Å². The Balaban J connectivity index is 1.73. The lowest BCUT2D eigenvalue weighted by atomic mass is 9.87. The minimum absolute atomic E-state index is 0.578. The number of hydrogen-bond donors (Lipinski definition) is 0. The standard InChI is InChI=1S/C23H15BrOS/c24-18-9-10-19-16(15-18)8-11-21-20(19)12-13-23(25-21,22-7-4-14-26-22)17-5-2-1-3-6-17/h1-15H. The normalized spacial score (nSPS) is 18.5. The molecule has 2 heterocycles. The van der Waals surface area contributed by atoms with Gasteiger partial charge in [-0.3, -0.25) is 0 Å². The van der Waals surface area contributed by atoms with Crippen LogP contribution in [0.15, 0.2) is 88.7 Å². The molecule has 3 aromatic carbocycles. The zero-order chi connectivity index (χ0) is 17.6. The molecule has 1 nitrogen and oxygen atoms in total. The monoisotopic (exact) mass is 418 g/mol. The van der Waals surface area contributed by atoms with Gasteiger partial charge in [-0.15, -0.1) is 11.3 Å². The van der Waals surface area contributed by atoms with E-state index in [4.69, 9.17) is 4.74 Å². The Hall–Kier alpha value is -2.36. The van der Waals surface area contributed by atoms with Crippen LogP contribution in [-0.4, -0.2) is 0 Å². The van der Waals surface area contributed by atoms with Gasteiger partial charge in [-0.1, -0.05) is 64.5 Å². The summed E-state index contributed by atoms with van der Waals surface area (Å²) in [6.45, 7) is 0. The second kappa shape index (κ2) is 6.11. The van der Waals surface area contributed by atoms with E-state index in [1.807, 2.05) is 6.07 Å². The molecule has 0 saturated carbocycles. The average molecular weight is 419 g/mol. The van der Waals surface area contributed by atoms with Crippen LogP contribution >= 0.6 is 27.3 Å². The first kappa shape index (κ1) is 15.9. The second-order valence-corrected chi connectivity index (χ2v) is 8.22. The van der Waals surface area contributed by atoms with Crippen molar-refractivity contribution in [2.75, 3.05) is 0 Å². The van der Waals surface area contributed by atoms with Crippen molar-refractivity contribution in [3.05, 3.63) is 105 Å². The summed E-state index contributed by atoms with van der Waals surface area (Å²) in [5.41, 5.74) is 1.70. The van der Waals surface area contributed by atoms with Crippen LogP contribution in [0.25, 0.3) is 16.8 Å². The first-order valence-electron chi connectivity index (χ1n) is 8.46. The molecular weight excluding hydrogens is 404 g/mol. The SMILES string of the molecule is Brc1ccc2c3c(ccc2c1)OC(c1ccccc1)(c1cccs1)C=C3. The lowest BCUT2D eigenvalue weighted by Crippen LogP contribution is -2.33. The van der Waals surface area contributed by atoms with Crippen molar-refractivity contribution in [3.8, 4) is 5.75 Å². The van der Waals surface area contributed by atoms with Gasteiger partial charge in [0.15, 0.2) is 5.60 Å². The molecule has 5 rings (SSSR count). The molecule has 0 radical (unpaired) electrons. The molecule has 4 aromatic rings. The van der Waals surface area contributed by atoms with Crippen molar-refractivity contribution in [2.45, 2.75) is 5.60 Å². The van der Waals surface area contributed by atoms with Gasteiger partial charge in [0.05, 0.1) is 4.88 Å². The first-order valence-corrected chi connectivity index (χ1v) is 10.1. The number of halogens is 1. The summed E-state index contributed by atoms with van der Waals surface area (Å²) < 4.78 is 7.79. The zero-order valence-corrected chi connectivity index (χ0v) is 16.3. The van der Waals surface area contributed by atoms with Crippen molar-refractivity contribution in [3.63, 3.8) is 0 Å². The quantitative estimate of drug-likeness (QED) is 0.340. The van der Waals surface area contributed by atoms with Gasteiger partial charge in [0.2, 0.25) is 0 Å². The first-order chi connectivity index (χ1) is 12.8. The predicted molar refractivity (Wildman–Crippen MR) is 113 cm³/mol. The molecule has 0 fully saturated rings. The van der Waals surface area contributed by atoms with Crippen molar-refractivity contribution < 1.29 is 4.74 Å². The molecule has 26 heavy (non-hydrogen) atoms. The lowest BCUT2D eigenvalue weighted by molar-refractivity contribution is 0.165. The Bertz CT molecular complexity index is 1120.